The smallest absolute Gasteiger partial charge is 0.177 e. The minimum Gasteiger partial charge on any atom is -0.337 e. The van der Waals surface area contributed by atoms with Gasteiger partial charge >= 0.3 is 0 Å². The Balaban J connectivity index is 2.26. The van der Waals surface area contributed by atoms with Gasteiger partial charge in [-0.3, -0.25) is 0 Å². The van der Waals surface area contributed by atoms with Crippen molar-refractivity contribution < 1.29 is 0 Å². The highest BCUT2D eigenvalue weighted by Crippen LogP contribution is 2.24. The van der Waals surface area contributed by atoms with Crippen LogP contribution in [-0.2, 0) is 12.0 Å². The maximum Gasteiger partial charge on any atom is 0.177 e. The molecule has 0 aliphatic carbocycles. The van der Waals surface area contributed by atoms with Crippen LogP contribution in [-0.4, -0.2) is 34.1 Å². The Bertz CT molecular complexity index is 438. The Morgan fingerprint density at radius 2 is 2.18 bits per heavy atom. The summed E-state index contributed by atoms with van der Waals surface area (Å²) in [5, 5.41) is 0. The lowest BCUT2D eigenvalue weighted by Gasteiger charge is -2.25. The Labute approximate surface area is 109 Å². The fourth-order valence-electron chi connectivity index (χ4n) is 2.62. The molecule has 1 atom stereocenters. The summed E-state index contributed by atoms with van der Waals surface area (Å²) in [7, 11) is 2.21. The van der Waals surface area contributed by atoms with E-state index < -0.39 is 0 Å². The fraction of sp³-hybridized carbons (Fsp3) is 0.769. The number of aromatic amines is 1. The summed E-state index contributed by atoms with van der Waals surface area (Å²) in [6.07, 6.45) is 4.66. The second-order valence-corrected chi connectivity index (χ2v) is 6.50. The largest absolute Gasteiger partial charge is 0.337 e. The van der Waals surface area contributed by atoms with Crippen molar-refractivity contribution in [2.24, 2.45) is 0 Å². The summed E-state index contributed by atoms with van der Waals surface area (Å²) in [6.45, 7) is 8.94. The number of H-pyrrole nitrogens is 1. The lowest BCUT2D eigenvalue weighted by atomic mass is 9.92. The van der Waals surface area contributed by atoms with E-state index >= 15 is 0 Å². The van der Waals surface area contributed by atoms with Crippen molar-refractivity contribution in [3.05, 3.63) is 16.7 Å². The first-order chi connectivity index (χ1) is 7.89. The second kappa shape index (κ2) is 4.58. The van der Waals surface area contributed by atoms with Gasteiger partial charge in [0.05, 0.1) is 0 Å². The van der Waals surface area contributed by atoms with Gasteiger partial charge in [-0.25, -0.2) is 0 Å². The molecule has 2 heterocycles. The monoisotopic (exact) mass is 253 g/mol. The molecule has 1 aliphatic heterocycles. The van der Waals surface area contributed by atoms with Crippen LogP contribution < -0.4 is 0 Å². The number of rotatable bonds is 2. The van der Waals surface area contributed by atoms with Gasteiger partial charge in [-0.05, 0) is 38.7 Å². The van der Waals surface area contributed by atoms with Crippen LogP contribution >= 0.6 is 12.2 Å². The molecule has 4 heteroatoms. The van der Waals surface area contributed by atoms with E-state index in [0.717, 1.165) is 11.3 Å². The molecule has 1 saturated heterocycles. The van der Waals surface area contributed by atoms with E-state index in [2.05, 4.69) is 48.5 Å². The highest BCUT2D eigenvalue weighted by atomic mass is 32.1. The van der Waals surface area contributed by atoms with E-state index in [0.29, 0.717) is 6.04 Å². The van der Waals surface area contributed by atoms with Gasteiger partial charge in [-0.1, -0.05) is 20.8 Å². The first-order valence-corrected chi connectivity index (χ1v) is 6.79. The van der Waals surface area contributed by atoms with Gasteiger partial charge < -0.3 is 14.5 Å². The normalized spacial score (nSPS) is 22.2. The van der Waals surface area contributed by atoms with Crippen LogP contribution in [0.1, 0.15) is 39.3 Å². The molecule has 1 aliphatic rings. The average Bonchev–Trinajstić information content (AvgIpc) is 2.75. The van der Waals surface area contributed by atoms with Crippen LogP contribution in [0.2, 0.25) is 0 Å². The number of hydrogen-bond acceptors (Lipinski definition) is 2. The van der Waals surface area contributed by atoms with Crippen molar-refractivity contribution in [2.45, 2.75) is 51.6 Å². The predicted octanol–water partition coefficient (Wildman–Crippen LogP) is 2.94. The molecular formula is C13H23N3S. The number of nitrogens with one attached hydrogen (secondary N) is 1. The van der Waals surface area contributed by atoms with Crippen molar-refractivity contribution >= 4 is 12.2 Å². The van der Waals surface area contributed by atoms with E-state index in [1.54, 1.807) is 0 Å². The topological polar surface area (TPSA) is 24.0 Å². The molecule has 1 aromatic rings. The zero-order chi connectivity index (χ0) is 12.6. The molecule has 0 radical (unpaired) electrons. The molecule has 0 bridgehead atoms. The van der Waals surface area contributed by atoms with E-state index in [1.165, 1.54) is 25.1 Å². The van der Waals surface area contributed by atoms with E-state index in [9.17, 15) is 0 Å². The van der Waals surface area contributed by atoms with Crippen LogP contribution in [0.4, 0.5) is 0 Å². The molecule has 1 unspecified atom stereocenters. The fourth-order valence-corrected chi connectivity index (χ4v) is 2.85. The molecule has 0 amide bonds. The number of hydrogen-bond donors (Lipinski definition) is 1. The van der Waals surface area contributed by atoms with E-state index in [4.69, 9.17) is 12.2 Å². The van der Waals surface area contributed by atoms with Gasteiger partial charge in [0.15, 0.2) is 4.77 Å². The Hall–Kier alpha value is -0.610. The third-order valence-electron chi connectivity index (χ3n) is 3.70. The molecule has 1 fully saturated rings. The van der Waals surface area contributed by atoms with Crippen LogP contribution in [0.15, 0.2) is 6.20 Å². The third-order valence-corrected chi connectivity index (χ3v) is 4.04. The molecule has 17 heavy (non-hydrogen) atoms. The number of likely N-dealkylation sites (N-methyl/N-ethyl adjacent to an activating group) is 1. The SMILES string of the molecule is CN1CCCC1Cn1c(C(C)(C)C)c[nH]c1=S. The zero-order valence-electron chi connectivity index (χ0n) is 11.3. The van der Waals surface area contributed by atoms with Crippen molar-refractivity contribution in [1.29, 1.82) is 0 Å². The van der Waals surface area contributed by atoms with E-state index in [1.807, 2.05) is 0 Å². The summed E-state index contributed by atoms with van der Waals surface area (Å²) in [6, 6.07) is 0.638. The van der Waals surface area contributed by atoms with Gasteiger partial charge in [0, 0.05) is 29.9 Å². The maximum atomic E-state index is 5.40. The number of likely N-dealkylation sites (tertiary alicyclic amines) is 1. The number of nitrogens with zero attached hydrogens (tertiary/aromatic N) is 2. The molecule has 0 saturated carbocycles. The quantitative estimate of drug-likeness (QED) is 0.819. The molecular weight excluding hydrogens is 230 g/mol. The Kier molecular flexibility index (Phi) is 3.46. The van der Waals surface area contributed by atoms with Gasteiger partial charge in [-0.15, -0.1) is 0 Å². The highest BCUT2D eigenvalue weighted by molar-refractivity contribution is 7.71. The lowest BCUT2D eigenvalue weighted by Crippen LogP contribution is -2.31. The third kappa shape index (κ3) is 2.63. The van der Waals surface area contributed by atoms with Crippen molar-refractivity contribution in [3.63, 3.8) is 0 Å². The van der Waals surface area contributed by atoms with Gasteiger partial charge in [0.1, 0.15) is 0 Å². The molecule has 3 nitrogen and oxygen atoms in total. The van der Waals surface area contributed by atoms with E-state index in [-0.39, 0.29) is 5.41 Å². The summed E-state index contributed by atoms with van der Waals surface area (Å²) in [5.74, 6) is 0. The predicted molar refractivity (Wildman–Crippen MR) is 74.0 cm³/mol. The number of aromatic nitrogens is 2. The molecule has 0 spiro atoms. The molecule has 1 N–H and O–H groups in total. The zero-order valence-corrected chi connectivity index (χ0v) is 12.1. The minimum atomic E-state index is 0.144. The summed E-state index contributed by atoms with van der Waals surface area (Å²) < 4.78 is 3.14. The Morgan fingerprint density at radius 3 is 2.71 bits per heavy atom. The summed E-state index contributed by atoms with van der Waals surface area (Å²) >= 11 is 5.40. The van der Waals surface area contributed by atoms with Crippen molar-refractivity contribution in [3.8, 4) is 0 Å². The minimum absolute atomic E-state index is 0.144. The average molecular weight is 253 g/mol. The molecule has 0 aromatic carbocycles. The molecule has 1 aromatic heterocycles. The van der Waals surface area contributed by atoms with Crippen molar-refractivity contribution in [1.82, 2.24) is 14.5 Å². The van der Waals surface area contributed by atoms with Crippen molar-refractivity contribution in [2.75, 3.05) is 13.6 Å². The summed E-state index contributed by atoms with van der Waals surface area (Å²) in [4.78, 5) is 5.64. The first kappa shape index (κ1) is 12.8. The van der Waals surface area contributed by atoms with Crippen LogP contribution in [0.3, 0.4) is 0 Å². The maximum absolute atomic E-state index is 5.40. The lowest BCUT2D eigenvalue weighted by molar-refractivity contribution is 0.276. The first-order valence-electron chi connectivity index (χ1n) is 6.38. The second-order valence-electron chi connectivity index (χ2n) is 6.12. The van der Waals surface area contributed by atoms with Gasteiger partial charge in [-0.2, -0.15) is 0 Å². The van der Waals surface area contributed by atoms with Crippen LogP contribution in [0.5, 0.6) is 0 Å². The van der Waals surface area contributed by atoms with Gasteiger partial charge in [0.25, 0.3) is 0 Å². The highest BCUT2D eigenvalue weighted by Gasteiger charge is 2.25. The van der Waals surface area contributed by atoms with Gasteiger partial charge in [0.2, 0.25) is 0 Å². The Morgan fingerprint density at radius 1 is 1.47 bits per heavy atom. The molecule has 2 rings (SSSR count). The number of imidazole rings is 1. The van der Waals surface area contributed by atoms with Crippen LogP contribution in [0.25, 0.3) is 0 Å². The standard InChI is InChI=1S/C13H23N3S/c1-13(2,3)11-8-14-12(17)16(11)9-10-6-5-7-15(10)4/h8,10H,5-7,9H2,1-4H3,(H,14,17). The molecule has 96 valence electrons. The van der Waals surface area contributed by atoms with Crippen LogP contribution in [0, 0.1) is 4.77 Å². The summed E-state index contributed by atoms with van der Waals surface area (Å²) in [5.41, 5.74) is 1.45.